The number of aryl methyl sites for hydroxylation is 1. The zero-order chi connectivity index (χ0) is 20.8. The summed E-state index contributed by atoms with van der Waals surface area (Å²) in [5, 5.41) is 9.27. The number of halogens is 2. The van der Waals surface area contributed by atoms with Crippen LogP contribution in [0.15, 0.2) is 53.1 Å². The maximum atomic E-state index is 11.4. The van der Waals surface area contributed by atoms with Gasteiger partial charge >= 0.3 is 0 Å². The Kier molecular flexibility index (Phi) is 6.86. The average molecular weight is 472 g/mol. The van der Waals surface area contributed by atoms with Crippen molar-refractivity contribution in [1.29, 1.82) is 5.26 Å². The van der Waals surface area contributed by atoms with Gasteiger partial charge in [0.15, 0.2) is 6.29 Å². The molecular weight excluding hydrogens is 456 g/mol. The van der Waals surface area contributed by atoms with Crippen LogP contribution in [0.2, 0.25) is 5.02 Å². The van der Waals surface area contributed by atoms with E-state index in [9.17, 15) is 4.79 Å². The highest BCUT2D eigenvalue weighted by atomic mass is 79.9. The molecule has 0 bridgehead atoms. The molecule has 3 aromatic rings. The summed E-state index contributed by atoms with van der Waals surface area (Å²) in [6.45, 7) is 2.47. The Morgan fingerprint density at radius 1 is 1.17 bits per heavy atom. The third-order valence-electron chi connectivity index (χ3n) is 4.18. The summed E-state index contributed by atoms with van der Waals surface area (Å²) < 4.78 is 12.6. The van der Waals surface area contributed by atoms with E-state index >= 15 is 0 Å². The molecule has 3 rings (SSSR count). The monoisotopic (exact) mass is 470 g/mol. The van der Waals surface area contributed by atoms with Crippen molar-refractivity contribution in [3.63, 3.8) is 0 Å². The molecule has 146 valence electrons. The van der Waals surface area contributed by atoms with Gasteiger partial charge in [-0.2, -0.15) is 5.26 Å². The first-order valence-electron chi connectivity index (χ1n) is 8.65. The highest BCUT2D eigenvalue weighted by Gasteiger charge is 2.12. The van der Waals surface area contributed by atoms with Gasteiger partial charge in [0, 0.05) is 22.3 Å². The zero-order valence-corrected chi connectivity index (χ0v) is 17.8. The molecule has 7 heteroatoms. The lowest BCUT2D eigenvalue weighted by molar-refractivity contribution is 0.111. The first-order chi connectivity index (χ1) is 14.0. The van der Waals surface area contributed by atoms with Crippen molar-refractivity contribution in [2.45, 2.75) is 20.1 Å². The second-order valence-electron chi connectivity index (χ2n) is 6.22. The maximum Gasteiger partial charge on any atom is 0.153 e. The minimum Gasteiger partial charge on any atom is -0.488 e. The molecule has 0 radical (unpaired) electrons. The van der Waals surface area contributed by atoms with Crippen LogP contribution in [0.25, 0.3) is 0 Å². The Bertz CT molecular complexity index is 1100. The lowest BCUT2D eigenvalue weighted by Crippen LogP contribution is -2.02. The molecule has 0 aliphatic heterocycles. The fourth-order valence-electron chi connectivity index (χ4n) is 2.64. The van der Waals surface area contributed by atoms with Crippen LogP contribution in [0.4, 0.5) is 0 Å². The summed E-state index contributed by atoms with van der Waals surface area (Å²) in [6, 6.07) is 14.4. The number of aromatic nitrogens is 1. The lowest BCUT2D eigenvalue weighted by atomic mass is 10.1. The lowest BCUT2D eigenvalue weighted by Gasteiger charge is -2.14. The van der Waals surface area contributed by atoms with Crippen molar-refractivity contribution in [1.82, 2.24) is 4.98 Å². The van der Waals surface area contributed by atoms with Crippen molar-refractivity contribution in [3.05, 3.63) is 86.1 Å². The van der Waals surface area contributed by atoms with E-state index in [0.717, 1.165) is 21.2 Å². The molecule has 0 saturated carbocycles. The SMILES string of the molecule is Cc1cccc(COc2cc(OCc3ccnc(C#N)c3)c(C=O)cc2Cl)c1Br. The van der Waals surface area contributed by atoms with Crippen molar-refractivity contribution < 1.29 is 14.3 Å². The largest absolute Gasteiger partial charge is 0.488 e. The number of carbonyl (C=O) groups is 1. The molecule has 0 saturated heterocycles. The highest BCUT2D eigenvalue weighted by molar-refractivity contribution is 9.10. The standard InChI is InChI=1S/C22H16BrClN2O3/c1-14-3-2-4-16(22(14)23)13-29-21-9-20(17(11-27)8-19(21)24)28-12-15-5-6-26-18(7-15)10-25/h2-9,11H,12-13H2,1H3. The van der Waals surface area contributed by atoms with Crippen LogP contribution < -0.4 is 9.47 Å². The molecule has 0 aliphatic rings. The molecule has 1 heterocycles. The Hall–Kier alpha value is -2.88. The van der Waals surface area contributed by atoms with Crippen LogP contribution in [-0.2, 0) is 13.2 Å². The second kappa shape index (κ2) is 9.55. The quantitative estimate of drug-likeness (QED) is 0.416. The molecule has 0 spiro atoms. The molecule has 2 aromatic carbocycles. The molecule has 0 N–H and O–H groups in total. The third-order valence-corrected chi connectivity index (χ3v) is 5.61. The molecule has 0 aliphatic carbocycles. The molecule has 29 heavy (non-hydrogen) atoms. The maximum absolute atomic E-state index is 11.4. The predicted molar refractivity (Wildman–Crippen MR) is 113 cm³/mol. The van der Waals surface area contributed by atoms with Gasteiger partial charge in [-0.25, -0.2) is 4.98 Å². The number of rotatable bonds is 7. The number of hydrogen-bond acceptors (Lipinski definition) is 5. The van der Waals surface area contributed by atoms with Crippen molar-refractivity contribution in [2.24, 2.45) is 0 Å². The number of ether oxygens (including phenoxy) is 2. The van der Waals surface area contributed by atoms with Gasteiger partial charge in [0.2, 0.25) is 0 Å². The summed E-state index contributed by atoms with van der Waals surface area (Å²) in [6.07, 6.45) is 2.21. The van der Waals surface area contributed by atoms with Crippen LogP contribution in [0.3, 0.4) is 0 Å². The minimum atomic E-state index is 0.169. The van der Waals surface area contributed by atoms with Gasteiger partial charge in [0.25, 0.3) is 0 Å². The molecule has 0 amide bonds. The van der Waals surface area contributed by atoms with E-state index in [2.05, 4.69) is 20.9 Å². The molecule has 0 unspecified atom stereocenters. The van der Waals surface area contributed by atoms with E-state index in [-0.39, 0.29) is 6.61 Å². The van der Waals surface area contributed by atoms with Crippen LogP contribution >= 0.6 is 27.5 Å². The summed E-state index contributed by atoms with van der Waals surface area (Å²) >= 11 is 9.84. The van der Waals surface area contributed by atoms with Crippen molar-refractivity contribution in [3.8, 4) is 17.6 Å². The van der Waals surface area contributed by atoms with Crippen molar-refractivity contribution >= 4 is 33.8 Å². The summed E-state index contributed by atoms with van der Waals surface area (Å²) in [7, 11) is 0. The van der Waals surface area contributed by atoms with Gasteiger partial charge in [0.05, 0.1) is 10.6 Å². The minimum absolute atomic E-state index is 0.169. The number of nitrogens with zero attached hydrogens (tertiary/aromatic N) is 2. The summed E-state index contributed by atoms with van der Waals surface area (Å²) in [5.41, 5.74) is 3.45. The fourth-order valence-corrected chi connectivity index (χ4v) is 3.24. The second-order valence-corrected chi connectivity index (χ2v) is 7.43. The van der Waals surface area contributed by atoms with E-state index in [4.69, 9.17) is 26.3 Å². The van der Waals surface area contributed by atoms with Gasteiger partial charge in [-0.3, -0.25) is 4.79 Å². The average Bonchev–Trinajstić information content (AvgIpc) is 2.74. The summed E-state index contributed by atoms with van der Waals surface area (Å²) in [4.78, 5) is 15.3. The molecular formula is C22H16BrClN2O3. The topological polar surface area (TPSA) is 72.2 Å². The number of pyridine rings is 1. The van der Waals surface area contributed by atoms with Gasteiger partial charge in [-0.05, 0) is 36.2 Å². The Morgan fingerprint density at radius 3 is 2.72 bits per heavy atom. The predicted octanol–water partition coefficient (Wildman–Crippen LogP) is 5.65. The molecule has 0 fully saturated rings. The molecule has 5 nitrogen and oxygen atoms in total. The Labute approximate surface area is 182 Å². The number of benzene rings is 2. The van der Waals surface area contributed by atoms with Gasteiger partial charge < -0.3 is 9.47 Å². The van der Waals surface area contributed by atoms with Gasteiger partial charge in [-0.1, -0.05) is 45.7 Å². The summed E-state index contributed by atoms with van der Waals surface area (Å²) in [5.74, 6) is 0.756. The highest BCUT2D eigenvalue weighted by Crippen LogP contribution is 2.34. The number of hydrogen-bond donors (Lipinski definition) is 0. The fraction of sp³-hybridized carbons (Fsp3) is 0.136. The van der Waals surface area contributed by atoms with E-state index in [1.807, 2.05) is 31.2 Å². The van der Waals surface area contributed by atoms with Crippen molar-refractivity contribution in [2.75, 3.05) is 0 Å². The smallest absolute Gasteiger partial charge is 0.153 e. The van der Waals surface area contributed by atoms with Gasteiger partial charge in [-0.15, -0.1) is 0 Å². The van der Waals surface area contributed by atoms with E-state index in [1.54, 1.807) is 18.2 Å². The normalized spacial score (nSPS) is 10.3. The molecule has 1 aromatic heterocycles. The van der Waals surface area contributed by atoms with Crippen LogP contribution in [0, 0.1) is 18.3 Å². The van der Waals surface area contributed by atoms with Crippen LogP contribution in [0.5, 0.6) is 11.5 Å². The number of carbonyl (C=O) groups excluding carboxylic acids is 1. The first kappa shape index (κ1) is 20.8. The Morgan fingerprint density at radius 2 is 1.97 bits per heavy atom. The van der Waals surface area contributed by atoms with E-state index < -0.39 is 0 Å². The van der Waals surface area contributed by atoms with Gasteiger partial charge in [0.1, 0.15) is 36.5 Å². The molecule has 0 atom stereocenters. The van der Waals surface area contributed by atoms with E-state index in [0.29, 0.717) is 40.7 Å². The van der Waals surface area contributed by atoms with E-state index in [1.165, 1.54) is 12.3 Å². The Balaban J connectivity index is 1.79. The zero-order valence-electron chi connectivity index (χ0n) is 15.5. The third kappa shape index (κ3) is 5.14. The van der Waals surface area contributed by atoms with Crippen LogP contribution in [-0.4, -0.2) is 11.3 Å². The number of aldehydes is 1. The first-order valence-corrected chi connectivity index (χ1v) is 9.82. The number of nitriles is 1. The van der Waals surface area contributed by atoms with Crippen LogP contribution in [0.1, 0.15) is 32.7 Å².